The Hall–Kier alpha value is -1.64. The zero-order valence-electron chi connectivity index (χ0n) is 14.3. The van der Waals surface area contributed by atoms with Crippen LogP contribution in [0.4, 0.5) is 0 Å². The lowest BCUT2D eigenvalue weighted by Crippen LogP contribution is -2.47. The van der Waals surface area contributed by atoms with Gasteiger partial charge in [-0.3, -0.25) is 9.79 Å². The summed E-state index contributed by atoms with van der Waals surface area (Å²) in [6.07, 6.45) is 0. The molecule has 1 rings (SSSR count). The van der Waals surface area contributed by atoms with Gasteiger partial charge in [0.2, 0.25) is 0 Å². The Morgan fingerprint density at radius 3 is 2.00 bits per heavy atom. The van der Waals surface area contributed by atoms with Crippen molar-refractivity contribution in [2.24, 2.45) is 10.4 Å². The first kappa shape index (κ1) is 17.4. The van der Waals surface area contributed by atoms with Gasteiger partial charge < -0.3 is 5.32 Å². The van der Waals surface area contributed by atoms with E-state index < -0.39 is 0 Å². The van der Waals surface area contributed by atoms with Crippen LogP contribution < -0.4 is 5.32 Å². The van der Waals surface area contributed by atoms with E-state index in [1.165, 1.54) is 0 Å². The lowest BCUT2D eigenvalue weighted by Gasteiger charge is -2.27. The number of hydrogen-bond donors (Lipinski definition) is 1. The van der Waals surface area contributed by atoms with Gasteiger partial charge in [-0.1, -0.05) is 51.1 Å². The third kappa shape index (κ3) is 5.70. The second-order valence-electron chi connectivity index (χ2n) is 7.52. The summed E-state index contributed by atoms with van der Waals surface area (Å²) < 4.78 is 0. The number of nitrogens with zero attached hydrogens (tertiary/aromatic N) is 1. The zero-order chi connectivity index (χ0) is 16.3. The summed E-state index contributed by atoms with van der Waals surface area (Å²) >= 11 is 0. The average molecular weight is 288 g/mol. The van der Waals surface area contributed by atoms with Crippen molar-refractivity contribution in [3.8, 4) is 0 Å². The van der Waals surface area contributed by atoms with Crippen LogP contribution in [0.2, 0.25) is 0 Å². The Labute approximate surface area is 128 Å². The summed E-state index contributed by atoms with van der Waals surface area (Å²) in [5.41, 5.74) is 1.15. The number of nitrogens with one attached hydrogen (secondary N) is 1. The lowest BCUT2D eigenvalue weighted by molar-refractivity contribution is -0.116. The molecule has 3 nitrogen and oxygen atoms in total. The van der Waals surface area contributed by atoms with E-state index in [1.807, 2.05) is 78.8 Å². The third-order valence-electron chi connectivity index (χ3n) is 3.02. The second-order valence-corrected chi connectivity index (χ2v) is 7.52. The van der Waals surface area contributed by atoms with Gasteiger partial charge in [0, 0.05) is 11.0 Å². The van der Waals surface area contributed by atoms with Gasteiger partial charge in [0.05, 0.1) is 6.04 Å². The molecule has 1 aromatic rings. The Bertz CT molecular complexity index is 504. The van der Waals surface area contributed by atoms with Crippen molar-refractivity contribution in [2.45, 2.75) is 60.0 Å². The molecule has 1 aromatic carbocycles. The topological polar surface area (TPSA) is 41.5 Å². The summed E-state index contributed by atoms with van der Waals surface area (Å²) in [6.45, 7) is 14.0. The minimum absolute atomic E-state index is 0.0360. The van der Waals surface area contributed by atoms with Crippen LogP contribution in [-0.4, -0.2) is 17.2 Å². The number of benzene rings is 1. The highest BCUT2D eigenvalue weighted by atomic mass is 16.2. The molecule has 1 atom stereocenters. The number of hydrogen-bond acceptors (Lipinski definition) is 2. The maximum atomic E-state index is 12.5. The van der Waals surface area contributed by atoms with Crippen LogP contribution in [0.1, 0.15) is 60.1 Å². The minimum atomic E-state index is -0.293. The van der Waals surface area contributed by atoms with Crippen LogP contribution in [0.15, 0.2) is 35.3 Å². The van der Waals surface area contributed by atoms with Gasteiger partial charge in [-0.2, -0.15) is 0 Å². The average Bonchev–Trinajstić information content (AvgIpc) is 2.33. The summed E-state index contributed by atoms with van der Waals surface area (Å²) in [5.74, 6) is -0.0854. The van der Waals surface area contributed by atoms with Crippen molar-refractivity contribution in [1.29, 1.82) is 0 Å². The van der Waals surface area contributed by atoms with Gasteiger partial charge in [-0.05, 0) is 33.3 Å². The van der Waals surface area contributed by atoms with Gasteiger partial charge in [0.1, 0.15) is 5.71 Å². The standard InChI is InChI=1S/C18H28N2O/c1-13(14-11-9-8-10-12-14)19-15(17(2,3)4)16(21)20-18(5,6)7/h8-13H,1-7H3,(H,20,21). The molecule has 1 unspecified atom stereocenters. The first-order valence-electron chi connectivity index (χ1n) is 7.46. The predicted octanol–water partition coefficient (Wildman–Crippen LogP) is 4.15. The highest BCUT2D eigenvalue weighted by molar-refractivity contribution is 6.40. The number of rotatable bonds is 3. The van der Waals surface area contributed by atoms with E-state index in [0.29, 0.717) is 5.71 Å². The van der Waals surface area contributed by atoms with Crippen molar-refractivity contribution in [3.63, 3.8) is 0 Å². The molecule has 0 aliphatic carbocycles. The Balaban J connectivity index is 3.09. The van der Waals surface area contributed by atoms with Gasteiger partial charge in [0.15, 0.2) is 0 Å². The molecule has 3 heteroatoms. The van der Waals surface area contributed by atoms with Gasteiger partial charge in [0.25, 0.3) is 5.91 Å². The molecule has 0 fully saturated rings. The van der Waals surface area contributed by atoms with E-state index in [1.54, 1.807) is 0 Å². The fourth-order valence-electron chi connectivity index (χ4n) is 1.99. The van der Waals surface area contributed by atoms with Crippen LogP contribution in [0.3, 0.4) is 0 Å². The molecule has 0 aliphatic rings. The van der Waals surface area contributed by atoms with Crippen molar-refractivity contribution in [3.05, 3.63) is 35.9 Å². The van der Waals surface area contributed by atoms with Crippen molar-refractivity contribution in [1.82, 2.24) is 5.32 Å². The molecule has 0 aromatic heterocycles. The number of amides is 1. The highest BCUT2D eigenvalue weighted by Gasteiger charge is 2.29. The monoisotopic (exact) mass is 288 g/mol. The molecule has 1 N–H and O–H groups in total. The van der Waals surface area contributed by atoms with E-state index in [0.717, 1.165) is 5.56 Å². The molecule has 0 saturated carbocycles. The van der Waals surface area contributed by atoms with Crippen LogP contribution in [0.25, 0.3) is 0 Å². The van der Waals surface area contributed by atoms with Crippen molar-refractivity contribution < 1.29 is 4.79 Å². The third-order valence-corrected chi connectivity index (χ3v) is 3.02. The molecular weight excluding hydrogens is 260 g/mol. The maximum absolute atomic E-state index is 12.5. The normalized spacial score (nSPS) is 14.7. The largest absolute Gasteiger partial charge is 0.346 e. The van der Waals surface area contributed by atoms with E-state index >= 15 is 0 Å². The molecule has 116 valence electrons. The van der Waals surface area contributed by atoms with E-state index in [2.05, 4.69) is 5.32 Å². The first-order valence-corrected chi connectivity index (χ1v) is 7.46. The summed E-state index contributed by atoms with van der Waals surface area (Å²) in [4.78, 5) is 17.2. The molecule has 21 heavy (non-hydrogen) atoms. The van der Waals surface area contributed by atoms with Crippen LogP contribution in [0.5, 0.6) is 0 Å². The molecule has 0 bridgehead atoms. The molecular formula is C18H28N2O. The fourth-order valence-corrected chi connectivity index (χ4v) is 1.99. The molecule has 0 saturated heterocycles. The number of aliphatic imine (C=N–C) groups is 1. The lowest BCUT2D eigenvalue weighted by atomic mass is 9.88. The van der Waals surface area contributed by atoms with E-state index in [9.17, 15) is 4.79 Å². The zero-order valence-corrected chi connectivity index (χ0v) is 14.3. The number of carbonyl (C=O) groups is 1. The van der Waals surface area contributed by atoms with Crippen LogP contribution in [0, 0.1) is 5.41 Å². The van der Waals surface area contributed by atoms with E-state index in [4.69, 9.17) is 4.99 Å². The molecule has 0 spiro atoms. The Morgan fingerprint density at radius 1 is 1.05 bits per heavy atom. The summed E-state index contributed by atoms with van der Waals surface area (Å²) in [5, 5.41) is 3.01. The Kier molecular flexibility index (Phi) is 5.32. The summed E-state index contributed by atoms with van der Waals surface area (Å²) in [7, 11) is 0. The fraction of sp³-hybridized carbons (Fsp3) is 0.556. The SMILES string of the molecule is CC(N=C(C(=O)NC(C)(C)C)C(C)(C)C)c1ccccc1. The highest BCUT2D eigenvalue weighted by Crippen LogP contribution is 2.23. The summed E-state index contributed by atoms with van der Waals surface area (Å²) in [6, 6.07) is 10.0. The van der Waals surface area contributed by atoms with Crippen LogP contribution in [-0.2, 0) is 4.79 Å². The predicted molar refractivity (Wildman–Crippen MR) is 89.6 cm³/mol. The molecule has 0 aliphatic heterocycles. The van der Waals surface area contributed by atoms with Crippen LogP contribution >= 0.6 is 0 Å². The smallest absolute Gasteiger partial charge is 0.266 e. The molecule has 0 radical (unpaired) electrons. The Morgan fingerprint density at radius 2 is 1.57 bits per heavy atom. The van der Waals surface area contributed by atoms with E-state index in [-0.39, 0.29) is 22.9 Å². The minimum Gasteiger partial charge on any atom is -0.346 e. The quantitative estimate of drug-likeness (QED) is 0.834. The maximum Gasteiger partial charge on any atom is 0.266 e. The first-order chi connectivity index (χ1) is 9.50. The molecule has 0 heterocycles. The van der Waals surface area contributed by atoms with Gasteiger partial charge in [-0.15, -0.1) is 0 Å². The van der Waals surface area contributed by atoms with Crippen molar-refractivity contribution in [2.75, 3.05) is 0 Å². The van der Waals surface area contributed by atoms with Gasteiger partial charge >= 0.3 is 0 Å². The number of carbonyl (C=O) groups excluding carboxylic acids is 1. The molecule has 1 amide bonds. The van der Waals surface area contributed by atoms with Gasteiger partial charge in [-0.25, -0.2) is 0 Å². The second kappa shape index (κ2) is 6.42. The van der Waals surface area contributed by atoms with Crippen molar-refractivity contribution >= 4 is 11.6 Å².